The fraction of sp³-hybridized carbons (Fsp3) is 0.389. The minimum atomic E-state index is -0.251. The van der Waals surface area contributed by atoms with Crippen molar-refractivity contribution < 1.29 is 4.79 Å². The zero-order chi connectivity index (χ0) is 18.1. The molecule has 2 aliphatic rings. The van der Waals surface area contributed by atoms with Gasteiger partial charge in [0.2, 0.25) is 5.95 Å². The zero-order valence-corrected chi connectivity index (χ0v) is 15.0. The van der Waals surface area contributed by atoms with Crippen molar-refractivity contribution in [2.75, 3.05) is 15.5 Å². The van der Waals surface area contributed by atoms with E-state index in [4.69, 9.17) is 17.3 Å². The van der Waals surface area contributed by atoms with Crippen molar-refractivity contribution in [1.29, 1.82) is 0 Å². The Morgan fingerprint density at radius 3 is 2.77 bits per heavy atom. The number of nitrogens with two attached hydrogens (primary N) is 1. The maximum atomic E-state index is 12.5. The second kappa shape index (κ2) is 7.09. The highest BCUT2D eigenvalue weighted by Crippen LogP contribution is 2.31. The molecule has 2 aromatic rings. The third-order valence-electron chi connectivity index (χ3n) is 4.91. The fourth-order valence-electron chi connectivity index (χ4n) is 3.42. The highest BCUT2D eigenvalue weighted by atomic mass is 35.5. The maximum Gasteiger partial charge on any atom is 0.327 e. The Kier molecular flexibility index (Phi) is 4.65. The molecule has 0 spiro atoms. The predicted molar refractivity (Wildman–Crippen MR) is 103 cm³/mol. The number of hydrogen-bond acceptors (Lipinski definition) is 5. The lowest BCUT2D eigenvalue weighted by atomic mass is 9.92. The van der Waals surface area contributed by atoms with E-state index in [0.717, 1.165) is 31.2 Å². The second-order valence-electron chi connectivity index (χ2n) is 6.79. The molecule has 2 heterocycles. The highest BCUT2D eigenvalue weighted by Gasteiger charge is 2.27. The van der Waals surface area contributed by atoms with Crippen LogP contribution in [0.5, 0.6) is 0 Å². The van der Waals surface area contributed by atoms with Crippen LogP contribution in [-0.4, -0.2) is 28.1 Å². The normalized spacial score (nSPS) is 22.5. The van der Waals surface area contributed by atoms with Crippen molar-refractivity contribution in [2.24, 2.45) is 5.73 Å². The quantitative estimate of drug-likeness (QED) is 0.767. The van der Waals surface area contributed by atoms with Gasteiger partial charge in [0.1, 0.15) is 5.82 Å². The highest BCUT2D eigenvalue weighted by molar-refractivity contribution is 6.34. The van der Waals surface area contributed by atoms with Crippen molar-refractivity contribution >= 4 is 35.1 Å². The number of urea groups is 1. The molecule has 0 bridgehead atoms. The number of fused-ring (bicyclic) bond motifs is 1. The molecule has 136 valence electrons. The van der Waals surface area contributed by atoms with E-state index in [1.165, 1.54) is 0 Å². The van der Waals surface area contributed by atoms with Crippen LogP contribution in [0.2, 0.25) is 5.02 Å². The molecule has 7 nitrogen and oxygen atoms in total. The van der Waals surface area contributed by atoms with Crippen LogP contribution in [0.25, 0.3) is 0 Å². The van der Waals surface area contributed by atoms with Gasteiger partial charge in [0.15, 0.2) is 0 Å². The summed E-state index contributed by atoms with van der Waals surface area (Å²) in [5.74, 6) is 1.08. The van der Waals surface area contributed by atoms with Crippen LogP contribution in [0, 0.1) is 0 Å². The monoisotopic (exact) mass is 372 g/mol. The molecule has 0 unspecified atom stereocenters. The largest absolute Gasteiger partial charge is 0.351 e. The van der Waals surface area contributed by atoms with Crippen LogP contribution in [0.3, 0.4) is 0 Å². The Hall–Kier alpha value is -2.38. The summed E-state index contributed by atoms with van der Waals surface area (Å²) in [7, 11) is 0. The van der Waals surface area contributed by atoms with Crippen LogP contribution in [-0.2, 0) is 6.54 Å². The van der Waals surface area contributed by atoms with E-state index in [1.807, 2.05) is 18.2 Å². The molecule has 2 amide bonds. The third kappa shape index (κ3) is 3.45. The van der Waals surface area contributed by atoms with Gasteiger partial charge in [0.05, 0.1) is 17.3 Å². The SMILES string of the molecule is N[C@H]1CC[C@H](Nc2ncc3c(n2)NC(=O)N(c2ccccc2Cl)C3)CC1. The number of hydrogen-bond donors (Lipinski definition) is 3. The third-order valence-corrected chi connectivity index (χ3v) is 5.23. The van der Waals surface area contributed by atoms with Crippen molar-refractivity contribution in [1.82, 2.24) is 9.97 Å². The summed E-state index contributed by atoms with van der Waals surface area (Å²) in [5, 5.41) is 6.72. The standard InChI is InChI=1S/C18H21ClN6O/c19-14-3-1-2-4-15(14)25-10-11-9-21-17(23-16(11)24-18(25)26)22-13-7-5-12(20)6-8-13/h1-4,9,12-13H,5-8,10,20H2,(H2,21,22,23,24,26)/t12-,13-. The van der Waals surface area contributed by atoms with Crippen molar-refractivity contribution in [3.05, 3.63) is 41.0 Å². The molecule has 1 fully saturated rings. The molecular weight excluding hydrogens is 352 g/mol. The average molecular weight is 373 g/mol. The van der Waals surface area contributed by atoms with Crippen molar-refractivity contribution in [2.45, 2.75) is 44.3 Å². The zero-order valence-electron chi connectivity index (χ0n) is 14.3. The number of para-hydroxylation sites is 1. The number of carbonyl (C=O) groups is 1. The summed E-state index contributed by atoms with van der Waals surface area (Å²) in [6.45, 7) is 0.378. The molecule has 0 atom stereocenters. The first-order valence-electron chi connectivity index (χ1n) is 8.81. The van der Waals surface area contributed by atoms with Gasteiger partial charge in [-0.05, 0) is 37.8 Å². The number of nitrogens with one attached hydrogen (secondary N) is 2. The molecular formula is C18H21ClN6O. The summed E-state index contributed by atoms with van der Waals surface area (Å²) in [6.07, 6.45) is 5.78. The molecule has 4 N–H and O–H groups in total. The van der Waals surface area contributed by atoms with Gasteiger partial charge in [0, 0.05) is 23.8 Å². The molecule has 1 aromatic heterocycles. The lowest BCUT2D eigenvalue weighted by molar-refractivity contribution is 0.256. The topological polar surface area (TPSA) is 96.2 Å². The number of carbonyl (C=O) groups excluding carboxylic acids is 1. The molecule has 26 heavy (non-hydrogen) atoms. The van der Waals surface area contributed by atoms with Gasteiger partial charge in [0.25, 0.3) is 0 Å². The van der Waals surface area contributed by atoms with E-state index in [-0.39, 0.29) is 6.03 Å². The van der Waals surface area contributed by atoms with Gasteiger partial charge < -0.3 is 11.1 Å². The van der Waals surface area contributed by atoms with E-state index in [1.54, 1.807) is 17.2 Å². The van der Waals surface area contributed by atoms with Crippen LogP contribution in [0.4, 0.5) is 22.2 Å². The predicted octanol–water partition coefficient (Wildman–Crippen LogP) is 3.36. The lowest BCUT2D eigenvalue weighted by Crippen LogP contribution is -2.39. The Labute approximate surface area is 156 Å². The number of benzene rings is 1. The summed E-state index contributed by atoms with van der Waals surface area (Å²) in [5.41, 5.74) is 7.46. The van der Waals surface area contributed by atoms with Gasteiger partial charge in [-0.15, -0.1) is 0 Å². The number of halogens is 1. The van der Waals surface area contributed by atoms with Gasteiger partial charge in [-0.3, -0.25) is 10.2 Å². The first-order valence-corrected chi connectivity index (χ1v) is 9.19. The minimum absolute atomic E-state index is 0.251. The van der Waals surface area contributed by atoms with Crippen LogP contribution >= 0.6 is 11.6 Å². The number of anilines is 3. The molecule has 0 saturated heterocycles. The van der Waals surface area contributed by atoms with Crippen LogP contribution in [0.1, 0.15) is 31.2 Å². The number of aromatic nitrogens is 2. The van der Waals surface area contributed by atoms with Gasteiger partial charge in [-0.25, -0.2) is 9.78 Å². The average Bonchev–Trinajstić information content (AvgIpc) is 2.64. The van der Waals surface area contributed by atoms with E-state index in [0.29, 0.717) is 41.1 Å². The molecule has 8 heteroatoms. The van der Waals surface area contributed by atoms with Gasteiger partial charge in [-0.1, -0.05) is 23.7 Å². The lowest BCUT2D eigenvalue weighted by Gasteiger charge is -2.30. The summed E-state index contributed by atoms with van der Waals surface area (Å²) >= 11 is 6.22. The van der Waals surface area contributed by atoms with E-state index in [9.17, 15) is 4.79 Å². The van der Waals surface area contributed by atoms with Gasteiger partial charge in [-0.2, -0.15) is 4.98 Å². The van der Waals surface area contributed by atoms with E-state index >= 15 is 0 Å². The summed E-state index contributed by atoms with van der Waals surface area (Å²) < 4.78 is 0. The number of rotatable bonds is 3. The minimum Gasteiger partial charge on any atom is -0.351 e. The Morgan fingerprint density at radius 2 is 2.00 bits per heavy atom. The summed E-state index contributed by atoms with van der Waals surface area (Å²) in [6, 6.07) is 7.64. The number of amides is 2. The Morgan fingerprint density at radius 1 is 1.23 bits per heavy atom. The van der Waals surface area contributed by atoms with Crippen molar-refractivity contribution in [3.63, 3.8) is 0 Å². The van der Waals surface area contributed by atoms with E-state index < -0.39 is 0 Å². The Balaban J connectivity index is 1.51. The second-order valence-corrected chi connectivity index (χ2v) is 7.20. The first kappa shape index (κ1) is 17.1. The maximum absolute atomic E-state index is 12.5. The van der Waals surface area contributed by atoms with Gasteiger partial charge >= 0.3 is 6.03 Å². The van der Waals surface area contributed by atoms with Crippen LogP contribution in [0.15, 0.2) is 30.5 Å². The Bertz CT molecular complexity index is 821. The van der Waals surface area contributed by atoms with Crippen LogP contribution < -0.4 is 21.3 Å². The first-order chi connectivity index (χ1) is 12.6. The molecule has 4 rings (SSSR count). The smallest absolute Gasteiger partial charge is 0.327 e. The number of nitrogens with zero attached hydrogens (tertiary/aromatic N) is 3. The molecule has 1 saturated carbocycles. The molecule has 0 radical (unpaired) electrons. The molecule has 1 aromatic carbocycles. The fourth-order valence-corrected chi connectivity index (χ4v) is 3.66. The molecule has 1 aliphatic heterocycles. The van der Waals surface area contributed by atoms with E-state index in [2.05, 4.69) is 20.6 Å². The molecule has 1 aliphatic carbocycles. The van der Waals surface area contributed by atoms with Crippen molar-refractivity contribution in [3.8, 4) is 0 Å². The summed E-state index contributed by atoms with van der Waals surface area (Å²) in [4.78, 5) is 23.0.